The largest absolute Gasteiger partial charge is 0.453 e. The lowest BCUT2D eigenvalue weighted by molar-refractivity contribution is -0.160. The van der Waals surface area contributed by atoms with Crippen LogP contribution in [0, 0.1) is 17.8 Å². The lowest BCUT2D eigenvalue weighted by Gasteiger charge is -2.34. The molecule has 7 amide bonds. The number of aromatic nitrogens is 8. The van der Waals surface area contributed by atoms with Gasteiger partial charge < -0.3 is 69.1 Å². The quantitative estimate of drug-likeness (QED) is 0.0324. The van der Waals surface area contributed by atoms with Gasteiger partial charge in [0.1, 0.15) is 35.4 Å². The number of hydrogen-bond donors (Lipinski definition) is 6. The number of aromatic amines is 4. The zero-order valence-corrected chi connectivity index (χ0v) is 72.1. The minimum Gasteiger partial charge on any atom is -0.453 e. The predicted octanol–water partition coefficient (Wildman–Crippen LogP) is 19.1. The van der Waals surface area contributed by atoms with Gasteiger partial charge in [-0.2, -0.15) is 0 Å². The first kappa shape index (κ1) is 86.5. The second-order valence-electron chi connectivity index (χ2n) is 33.8. The van der Waals surface area contributed by atoms with E-state index in [2.05, 4.69) is 163 Å². The highest BCUT2D eigenvalue weighted by molar-refractivity contribution is 5.94. The fourth-order valence-corrected chi connectivity index (χ4v) is 17.4. The molecule has 8 aromatic carbocycles. The number of methoxy groups -OCH3 is 3. The first-order valence-electron chi connectivity index (χ1n) is 43.3. The molecular formula is C98H109N15O12. The fraction of sp³-hybridized carbons (Fsp3) is 0.357. The second-order valence-corrected chi connectivity index (χ2v) is 33.8. The Kier molecular flexibility index (Phi) is 27.3. The van der Waals surface area contributed by atoms with Crippen molar-refractivity contribution in [3.05, 3.63) is 241 Å². The molecule has 648 valence electrons. The summed E-state index contributed by atoms with van der Waals surface area (Å²) in [5.74, 6) is 3.25. The molecule has 6 N–H and O–H groups in total. The number of hydroxylamine groups is 2. The SMILES string of the molecule is CC(C)C.CC(C)C.COC(=O)NC(C(=O)N1CCCC1c1ncc(-c2ccc(-c3ccc4cc(-c5cnc(C6CCCN6C(=O)ON(C(=O)OC)C(C(=O)N6CCCC6c6ncc(-c7ccc(-c8ccc9cc(-c%10cnc(C%11CCCN%11C(=O)C(NC(=O)OC)C%11CCOCC%11)[nH]%10)ccc9c8)cc7)[nH]6)c6ccccc6)[nH]5)ccc4c3)cc2)[nH]1)c1ccccc1. The summed E-state index contributed by atoms with van der Waals surface area (Å²) in [5.41, 5.74) is 12.0. The molecular weight excluding hydrogens is 1580 g/mol. The standard InChI is InChI=1S/C90H89N15O12.2C4H10/c1-113-87(109)99-77(58-14-6-4-7-15-58)84(106)101-40-10-18-73(101)80-91-50-69(95-80)56-26-22-54(23-27-56)62-31-33-66-49-68(37-35-64(66)47-62)72-53-94-83(98-72)76-21-13-43-104(76)89(111)117-105(90(112)115-3)79(60-16-8-5-9-17-60)86(108)103-42-12-20-75(103)82-92-51-70(96-82)57-28-24-55(25-29-57)61-30-32-65-48-67(36-34-63(65)46-61)71-52-93-81(97-71)74-19-11-41-102(74)85(107)78(100-88(110)114-2)59-38-44-116-45-39-59;2*1-4(2)3/h4-9,14-17,22-37,46-53,59,73-79H,10-13,18-21,38-45H2,1-3H3,(H,91,95)(H,92,96)(H,93,97)(H,94,98)(H,99,109)(H,100,110);2*4H,1-3H3. The average Bonchev–Trinajstić information content (AvgIpc) is 1.25. The van der Waals surface area contributed by atoms with Crippen LogP contribution < -0.4 is 10.6 Å². The molecule has 27 heteroatoms. The van der Waals surface area contributed by atoms with Gasteiger partial charge in [0.05, 0.1) is 93.1 Å². The number of imidazole rings is 4. The minimum absolute atomic E-state index is 0.0610. The Morgan fingerprint density at radius 3 is 1.15 bits per heavy atom. The minimum atomic E-state index is -1.43. The number of carbonyl (C=O) groups is 7. The highest BCUT2D eigenvalue weighted by atomic mass is 16.8. The summed E-state index contributed by atoms with van der Waals surface area (Å²) in [6.45, 7) is 15.8. The topological polar surface area (TPSA) is 321 Å². The number of ether oxygens (including phenoxy) is 4. The van der Waals surface area contributed by atoms with Crippen molar-refractivity contribution in [3.63, 3.8) is 0 Å². The summed E-state index contributed by atoms with van der Waals surface area (Å²) in [6, 6.07) is 54.9. The maximum absolute atomic E-state index is 15.4. The first-order valence-corrected chi connectivity index (χ1v) is 43.3. The first-order chi connectivity index (χ1) is 60.7. The van der Waals surface area contributed by atoms with Crippen molar-refractivity contribution in [2.45, 2.75) is 148 Å². The summed E-state index contributed by atoms with van der Waals surface area (Å²) in [6.07, 6.45) is 10.8. The van der Waals surface area contributed by atoms with E-state index in [4.69, 9.17) is 43.7 Å². The maximum Gasteiger partial charge on any atom is 0.444 e. The van der Waals surface area contributed by atoms with E-state index in [9.17, 15) is 28.8 Å². The van der Waals surface area contributed by atoms with Gasteiger partial charge in [-0.25, -0.2) is 39.1 Å². The van der Waals surface area contributed by atoms with Crippen molar-refractivity contribution < 1.29 is 57.3 Å². The molecule has 9 heterocycles. The highest BCUT2D eigenvalue weighted by Crippen LogP contribution is 2.42. The third-order valence-electron chi connectivity index (χ3n) is 23.5. The Labute approximate surface area is 727 Å². The van der Waals surface area contributed by atoms with E-state index in [0.29, 0.717) is 112 Å². The van der Waals surface area contributed by atoms with E-state index in [-0.39, 0.29) is 29.8 Å². The van der Waals surface area contributed by atoms with Gasteiger partial charge in [0, 0.05) is 50.5 Å². The Morgan fingerprint density at radius 2 is 0.736 bits per heavy atom. The molecule has 5 fully saturated rings. The lowest BCUT2D eigenvalue weighted by Crippen LogP contribution is -2.53. The molecule has 5 aliphatic heterocycles. The van der Waals surface area contributed by atoms with Crippen LogP contribution in [-0.2, 0) is 38.2 Å². The van der Waals surface area contributed by atoms with Gasteiger partial charge in [-0.05, 0) is 172 Å². The van der Waals surface area contributed by atoms with Gasteiger partial charge in [-0.3, -0.25) is 19.3 Å². The molecule has 5 saturated heterocycles. The van der Waals surface area contributed by atoms with Crippen LogP contribution in [0.1, 0.15) is 176 Å². The van der Waals surface area contributed by atoms with Gasteiger partial charge in [-0.15, -0.1) is 5.06 Å². The van der Waals surface area contributed by atoms with Crippen LogP contribution >= 0.6 is 0 Å². The monoisotopic (exact) mass is 1690 g/mol. The fourth-order valence-electron chi connectivity index (χ4n) is 17.4. The second kappa shape index (κ2) is 39.4. The Balaban J connectivity index is 0.00000145. The van der Waals surface area contributed by atoms with Gasteiger partial charge in [0.25, 0.3) is 11.8 Å². The van der Waals surface area contributed by atoms with Crippen LogP contribution in [0.2, 0.25) is 0 Å². The van der Waals surface area contributed by atoms with Crippen LogP contribution in [0.3, 0.4) is 0 Å². The molecule has 0 bridgehead atoms. The number of fused-ring (bicyclic) bond motifs is 2. The van der Waals surface area contributed by atoms with Crippen LogP contribution in [-0.4, -0.2) is 173 Å². The third kappa shape index (κ3) is 19.8. The summed E-state index contributed by atoms with van der Waals surface area (Å²) in [7, 11) is 3.76. The number of rotatable bonds is 19. The summed E-state index contributed by atoms with van der Waals surface area (Å²) < 4.78 is 20.7. The Bertz CT molecular complexity index is 5750. The third-order valence-corrected chi connectivity index (χ3v) is 23.5. The number of carbonyl (C=O) groups excluding carboxylic acids is 7. The van der Waals surface area contributed by atoms with Crippen molar-refractivity contribution in [2.75, 3.05) is 60.7 Å². The number of nitrogens with zero attached hydrogens (tertiary/aromatic N) is 9. The molecule has 7 atom stereocenters. The van der Waals surface area contributed by atoms with Gasteiger partial charge in [-0.1, -0.05) is 199 Å². The summed E-state index contributed by atoms with van der Waals surface area (Å²) >= 11 is 0. The number of alkyl carbamates (subject to hydrolysis) is 2. The van der Waals surface area contributed by atoms with Gasteiger partial charge >= 0.3 is 24.4 Å². The van der Waals surface area contributed by atoms with E-state index < -0.39 is 60.5 Å². The van der Waals surface area contributed by atoms with E-state index in [1.165, 1.54) is 26.2 Å². The van der Waals surface area contributed by atoms with Gasteiger partial charge in [0.15, 0.2) is 6.04 Å². The Hall–Kier alpha value is -13.4. The van der Waals surface area contributed by atoms with E-state index in [1.807, 2.05) is 71.8 Å². The lowest BCUT2D eigenvalue weighted by atomic mass is 9.90. The normalized spacial score (nSPS) is 17.8. The summed E-state index contributed by atoms with van der Waals surface area (Å²) in [4.78, 5) is 144. The number of H-pyrrole nitrogens is 4. The van der Waals surface area contributed by atoms with Crippen LogP contribution in [0.25, 0.3) is 88.8 Å². The number of likely N-dealkylation sites (tertiary alicyclic amines) is 4. The highest BCUT2D eigenvalue weighted by Gasteiger charge is 2.46. The van der Waals surface area contributed by atoms with Crippen LogP contribution in [0.4, 0.5) is 19.2 Å². The molecule has 0 saturated carbocycles. The summed E-state index contributed by atoms with van der Waals surface area (Å²) in [5, 5.41) is 10.5. The van der Waals surface area contributed by atoms with Crippen LogP contribution in [0.5, 0.6) is 0 Å². The van der Waals surface area contributed by atoms with E-state index >= 15 is 4.79 Å². The zero-order chi connectivity index (χ0) is 87.4. The molecule has 0 radical (unpaired) electrons. The molecule has 0 aliphatic carbocycles. The smallest absolute Gasteiger partial charge is 0.444 e. The molecule has 125 heavy (non-hydrogen) atoms. The molecule has 0 spiro atoms. The van der Waals surface area contributed by atoms with Crippen molar-refractivity contribution in [1.29, 1.82) is 0 Å². The van der Waals surface area contributed by atoms with Crippen molar-refractivity contribution in [3.8, 4) is 67.3 Å². The van der Waals surface area contributed by atoms with Crippen LogP contribution in [0.15, 0.2) is 207 Å². The zero-order valence-electron chi connectivity index (χ0n) is 72.1. The molecule has 4 aromatic heterocycles. The molecule has 5 aliphatic rings. The maximum atomic E-state index is 15.4. The van der Waals surface area contributed by atoms with Crippen molar-refractivity contribution in [1.82, 2.24) is 75.2 Å². The van der Waals surface area contributed by atoms with E-state index in [0.717, 1.165) is 131 Å². The number of benzene rings is 8. The van der Waals surface area contributed by atoms with E-state index in [1.54, 1.807) is 58.7 Å². The number of amides is 7. The molecule has 7 unspecified atom stereocenters. The Morgan fingerprint density at radius 1 is 0.392 bits per heavy atom. The number of nitrogens with one attached hydrogen (secondary N) is 6. The number of hydrogen-bond acceptors (Lipinski definition) is 16. The molecule has 17 rings (SSSR count). The van der Waals surface area contributed by atoms with Crippen molar-refractivity contribution in [2.24, 2.45) is 17.8 Å². The molecule has 27 nitrogen and oxygen atoms in total. The predicted molar refractivity (Wildman–Crippen MR) is 477 cm³/mol. The van der Waals surface area contributed by atoms with Gasteiger partial charge in [0.2, 0.25) is 5.91 Å². The van der Waals surface area contributed by atoms with Crippen molar-refractivity contribution >= 4 is 63.6 Å². The molecule has 12 aromatic rings. The average molecular weight is 1690 g/mol.